The fourth-order valence-electron chi connectivity index (χ4n) is 21.3. The fraction of sp³-hybridized carbons (Fsp3) is 0.818. The molecule has 0 spiro atoms. The van der Waals surface area contributed by atoms with Crippen LogP contribution in [-0.4, -0.2) is 264 Å². The molecule has 13 rings (SSSR count). The molecule has 13 fully saturated rings. The molecule has 56 heteroatoms. The van der Waals surface area contributed by atoms with E-state index in [0.29, 0.717) is 72.6 Å². The van der Waals surface area contributed by atoms with Crippen LogP contribution in [-0.2, 0) is 193 Å². The molecule has 44 nitrogen and oxygen atoms in total. The molecule has 4 saturated heterocycles. The van der Waals surface area contributed by atoms with E-state index < -0.39 is 375 Å². The van der Waals surface area contributed by atoms with E-state index in [-0.39, 0.29) is 29.6 Å². The summed E-state index contributed by atoms with van der Waals surface area (Å²) in [4.78, 5) is 199. The average Bonchev–Trinajstić information content (AvgIpc) is 1.56. The molecule has 0 aromatic heterocycles. The van der Waals surface area contributed by atoms with Gasteiger partial charge in [-0.3, -0.25) is 76.7 Å². The lowest BCUT2D eigenvalue weighted by atomic mass is 9.77. The third-order valence-corrected chi connectivity index (χ3v) is 33.4. The van der Waals surface area contributed by atoms with Gasteiger partial charge in [0.1, 0.15) is 71.2 Å². The van der Waals surface area contributed by atoms with E-state index in [1.807, 2.05) is 34.6 Å². The molecule has 28 unspecified atom stereocenters. The maximum absolute atomic E-state index is 13.5. The summed E-state index contributed by atoms with van der Waals surface area (Å²) in [5, 5.41) is -19.4. The molecule has 4 aliphatic heterocycles. The van der Waals surface area contributed by atoms with E-state index >= 15 is 0 Å². The number of carbonyl (C=O) groups excluding carboxylic acids is 16. The number of alkyl halides is 8. The molecular formula is C88H114F8O44S4-4. The number of halogens is 8. The van der Waals surface area contributed by atoms with Crippen molar-refractivity contribution in [3.8, 4) is 0 Å². The smallest absolute Gasteiger partial charge is 0.369 e. The van der Waals surface area contributed by atoms with Crippen molar-refractivity contribution in [3.63, 3.8) is 0 Å². The van der Waals surface area contributed by atoms with Gasteiger partial charge in [-0.05, 0) is 147 Å². The van der Waals surface area contributed by atoms with Crippen LogP contribution in [0.25, 0.3) is 0 Å². The van der Waals surface area contributed by atoms with Crippen LogP contribution >= 0.6 is 0 Å². The van der Waals surface area contributed by atoms with Crippen molar-refractivity contribution in [2.75, 3.05) is 0 Å². The number of esters is 16. The number of fused-ring (bicyclic) bond motifs is 4. The maximum atomic E-state index is 13.5. The van der Waals surface area contributed by atoms with Crippen LogP contribution in [0.5, 0.6) is 0 Å². The highest BCUT2D eigenvalue weighted by molar-refractivity contribution is 7.87. The van der Waals surface area contributed by atoms with Gasteiger partial charge in [0.05, 0.1) is 98.7 Å². The second-order valence-corrected chi connectivity index (χ2v) is 46.3. The molecule has 0 aromatic carbocycles. The summed E-state index contributed by atoms with van der Waals surface area (Å²) in [6, 6.07) is 0. The van der Waals surface area contributed by atoms with Crippen LogP contribution in [0.15, 0.2) is 0 Å². The lowest BCUT2D eigenvalue weighted by Gasteiger charge is -2.38. The molecule has 28 atom stereocenters. The minimum atomic E-state index is -6.07. The van der Waals surface area contributed by atoms with E-state index in [9.17, 15) is 164 Å². The highest BCUT2D eigenvalue weighted by Gasteiger charge is 2.75. The van der Waals surface area contributed by atoms with Gasteiger partial charge in [0, 0.05) is 47.3 Å². The van der Waals surface area contributed by atoms with Crippen LogP contribution in [0, 0.1) is 101 Å². The Balaban J connectivity index is 0.000000197. The van der Waals surface area contributed by atoms with E-state index in [1.165, 1.54) is 0 Å². The number of carbonyl (C=O) groups is 16. The quantitative estimate of drug-likeness (QED) is 0.0281. The predicted molar refractivity (Wildman–Crippen MR) is 449 cm³/mol. The van der Waals surface area contributed by atoms with Crippen molar-refractivity contribution in [1.82, 2.24) is 0 Å². The fourth-order valence-corrected chi connectivity index (χ4v) is 23.2. The maximum Gasteiger partial charge on any atom is 0.369 e. The molecule has 13 aliphatic rings. The Labute approximate surface area is 821 Å². The van der Waals surface area contributed by atoms with Crippen LogP contribution in [0.3, 0.4) is 0 Å². The molecule has 0 aromatic rings. The highest BCUT2D eigenvalue weighted by Crippen LogP contribution is 2.64. The Morgan fingerprint density at radius 3 is 0.771 bits per heavy atom. The van der Waals surface area contributed by atoms with Gasteiger partial charge in [-0.25, -0.2) is 33.7 Å². The van der Waals surface area contributed by atoms with E-state index in [4.69, 9.17) is 56.8 Å². The first kappa shape index (κ1) is 117. The average molecular weight is 2160 g/mol. The topological polar surface area (TPSA) is 650 Å². The Bertz CT molecular complexity index is 5440. The minimum Gasteiger partial charge on any atom is -0.743 e. The minimum absolute atomic E-state index is 0.196. The molecule has 0 amide bonds. The number of ether oxygens (including phenoxy) is 16. The first-order valence-electron chi connectivity index (χ1n) is 46.7. The second kappa shape index (κ2) is 43.0. The van der Waals surface area contributed by atoms with Crippen molar-refractivity contribution < 1.29 is 240 Å². The van der Waals surface area contributed by atoms with Gasteiger partial charge in [0.15, 0.2) is 64.9 Å². The van der Waals surface area contributed by atoms with Gasteiger partial charge < -0.3 is 94.0 Å². The molecule has 8 bridgehead atoms. The zero-order chi connectivity index (χ0) is 108. The monoisotopic (exact) mass is 2150 g/mol. The molecule has 814 valence electrons. The summed E-state index contributed by atoms with van der Waals surface area (Å²) in [5.41, 5.74) is -3.00. The zero-order valence-electron chi connectivity index (χ0n) is 80.5. The van der Waals surface area contributed by atoms with E-state index in [1.54, 1.807) is 41.5 Å². The first-order chi connectivity index (χ1) is 66.0. The predicted octanol–water partition coefficient (Wildman–Crippen LogP) is 6.32. The van der Waals surface area contributed by atoms with Gasteiger partial charge in [-0.15, -0.1) is 0 Å². The van der Waals surface area contributed by atoms with Crippen LogP contribution in [0.2, 0.25) is 0 Å². The molecule has 144 heavy (non-hydrogen) atoms. The SMILES string of the molecule is CC(OC(=O)CCC(=O)OC1C2CC3C1OC(=O)C3C2C(=O)OC(C)(C)C)C(F)(F)S(=O)(=O)[O-].CC(OC(=O)CCC(=O)OC1C2CC3C1OC(=O)C3C2C(=O)OC(C)(C)C1CCCCC1)C(F)(F)S(=O)(=O)[O-].CCC(C)(C)OC(=O)C1C2CC3C(OC(=O)C31)C2OC(=O)CCC(=O)OC(C)C(F)(F)S(=O)(=O)[O-].CCC(C)(CC)OC(=O)C1C2CC3C(OC(=O)C31)C2OC(=O)CCC(=O)OC(C)C(F)(F)S(=O)(=O)[O-]. The standard InChI is InChI=1S/C25H34F2O11S.C22H30F2O11S.C21H28F2O11S.C20H26F2O11S/c1-12(25(26,27)39(32,33)34)35-16(28)9-10-17(29)36-20-15-11-14-18(22(30)37-21(14)20)19(15)23(31)38-24(2,3)13-7-5-4-6-8-13;1-5-21(4,6-2)35-20(28)16-12-9-11-15(16)19(27)34-18(11)17(12)33-14(26)8-7-13(25)32-10(3)22(23,24)36(29,30)31;1-5-20(3,4)34-19(27)15-11-8-10-14(15)18(26)33-17(10)16(11)32-13(25)7-6-12(24)31-9(2)21(22,23)35(28,29)30;1-8(20(21,22)34(27,28)29)30-11(23)5-6-12(24)31-15-10-7-9-13(17(25)32-16(9)15)14(10)18(26)33-19(2,3)4/h12-15,18-21H,4-11H2,1-3H3,(H,32,33,34);10-12,15-18H,5-9H2,1-4H3,(H,29,30,31);9-11,14-17H,5-8H2,1-4H3,(H,28,29,30);8-10,13-16H,5-7H2,1-4H3,(H,27,28,29)/p-4. The largest absolute Gasteiger partial charge is 0.743 e. The van der Waals surface area contributed by atoms with Crippen LogP contribution < -0.4 is 0 Å². The van der Waals surface area contributed by atoms with Gasteiger partial charge in [0.25, 0.3) is 0 Å². The van der Waals surface area contributed by atoms with E-state index in [0.717, 1.165) is 32.1 Å². The third kappa shape index (κ3) is 24.6. The highest BCUT2D eigenvalue weighted by atomic mass is 32.2. The Kier molecular flexibility index (Phi) is 34.8. The summed E-state index contributed by atoms with van der Waals surface area (Å²) in [6.45, 7) is 21.7. The number of rotatable bonds is 39. The Hall–Kier alpha value is -9.40. The van der Waals surface area contributed by atoms with Gasteiger partial charge in [-0.2, -0.15) is 35.1 Å². The molecule has 9 aliphatic carbocycles. The molecule has 9 saturated carbocycles. The van der Waals surface area contributed by atoms with Crippen molar-refractivity contribution >= 4 is 136 Å². The van der Waals surface area contributed by atoms with Crippen LogP contribution in [0.4, 0.5) is 35.1 Å². The Morgan fingerprint density at radius 1 is 0.326 bits per heavy atom. The second-order valence-electron chi connectivity index (χ2n) is 40.5. The molecular weight excluding hydrogens is 2040 g/mol. The van der Waals surface area contributed by atoms with E-state index in [2.05, 4.69) is 18.9 Å². The number of hydrogen-bond acceptors (Lipinski definition) is 44. The molecule has 0 radical (unpaired) electrons. The van der Waals surface area contributed by atoms with Gasteiger partial charge >= 0.3 is 117 Å². The van der Waals surface area contributed by atoms with Gasteiger partial charge in [0.2, 0.25) is 0 Å². The number of hydrogen-bond donors (Lipinski definition) is 0. The summed E-state index contributed by atoms with van der Waals surface area (Å²) in [6.07, 6.45) is -13.9. The summed E-state index contributed by atoms with van der Waals surface area (Å²) >= 11 is 0. The van der Waals surface area contributed by atoms with Crippen molar-refractivity contribution in [3.05, 3.63) is 0 Å². The first-order valence-corrected chi connectivity index (χ1v) is 52.3. The Morgan fingerprint density at radius 2 is 0.549 bits per heavy atom. The molecule has 0 N–H and O–H groups in total. The van der Waals surface area contributed by atoms with Crippen molar-refractivity contribution in [1.29, 1.82) is 0 Å². The van der Waals surface area contributed by atoms with Crippen molar-refractivity contribution in [2.24, 2.45) is 101 Å². The van der Waals surface area contributed by atoms with Crippen molar-refractivity contribution in [2.45, 2.75) is 349 Å². The molecule has 4 heterocycles. The lowest BCUT2D eigenvalue weighted by Crippen LogP contribution is -2.46. The summed E-state index contributed by atoms with van der Waals surface area (Å²) in [7, 11) is -24.3. The zero-order valence-corrected chi connectivity index (χ0v) is 83.8. The van der Waals surface area contributed by atoms with Crippen LogP contribution in [0.1, 0.15) is 232 Å². The normalized spacial score (nSPS) is 30.8. The summed E-state index contributed by atoms with van der Waals surface area (Å²) < 4.78 is 318. The third-order valence-electron chi connectivity index (χ3n) is 29.4. The summed E-state index contributed by atoms with van der Waals surface area (Å²) in [5.74, 6) is -23.0. The van der Waals surface area contributed by atoms with Gasteiger partial charge in [-0.1, -0.05) is 40.0 Å². The lowest BCUT2D eigenvalue weighted by molar-refractivity contribution is -0.178.